The molecule has 1 aliphatic rings. The first-order chi connectivity index (χ1) is 25.4. The summed E-state index contributed by atoms with van der Waals surface area (Å²) in [4.78, 5) is 83.5. The zero-order valence-corrected chi connectivity index (χ0v) is 33.4. The van der Waals surface area contributed by atoms with E-state index < -0.39 is 17.7 Å². The van der Waals surface area contributed by atoms with Crippen LogP contribution in [0.25, 0.3) is 0 Å². The molecule has 1 heterocycles. The Bertz CT molecular complexity index is 1120. The molecule has 54 heavy (non-hydrogen) atoms. The van der Waals surface area contributed by atoms with E-state index in [1.54, 1.807) is 0 Å². The van der Waals surface area contributed by atoms with Crippen molar-refractivity contribution in [2.75, 3.05) is 45.8 Å². The number of Topliss-reactive ketones (excluding diaryl/α,β-unsaturated/α-hetero) is 2. The van der Waals surface area contributed by atoms with Gasteiger partial charge in [-0.1, -0.05) is 12.8 Å². The number of hydroxylamine groups is 6. The molecule has 0 unspecified atom stereocenters. The quantitative estimate of drug-likeness (QED) is 0.0257. The normalized spacial score (nSPS) is 12.7. The van der Waals surface area contributed by atoms with Crippen LogP contribution in [-0.4, -0.2) is 118 Å². The van der Waals surface area contributed by atoms with Gasteiger partial charge in [-0.2, -0.15) is 0 Å². The van der Waals surface area contributed by atoms with E-state index in [4.69, 9.17) is 0 Å². The standard InChI is InChI=1S/C37H66N6O10.Fe/c1-30(44)41(51)27-9-3-2-6-12-32(45)16-19-36(49)42(52)28-10-5-8-24-40-35(48)18-20-37(50)43(53)29-11-4-7-23-39-34(47)17-15-33(46)14-13-31-21-25-38-26-22-31;/h31,38,51-53H,2-29H2,1H3,(H,39,47)(H,40,48);. The summed E-state index contributed by atoms with van der Waals surface area (Å²) < 4.78 is 0. The van der Waals surface area contributed by atoms with Gasteiger partial charge in [-0.15, -0.1) is 0 Å². The maximum absolute atomic E-state index is 12.2. The zero-order chi connectivity index (χ0) is 39.3. The van der Waals surface area contributed by atoms with E-state index in [9.17, 15) is 49.2 Å². The number of ketones is 2. The van der Waals surface area contributed by atoms with E-state index in [2.05, 4.69) is 16.0 Å². The number of rotatable bonds is 31. The zero-order valence-electron chi connectivity index (χ0n) is 32.3. The summed E-state index contributed by atoms with van der Waals surface area (Å²) in [5.74, 6) is -1.28. The van der Waals surface area contributed by atoms with Crippen LogP contribution in [0.4, 0.5) is 0 Å². The summed E-state index contributed by atoms with van der Waals surface area (Å²) in [6, 6.07) is 0. The first kappa shape index (κ1) is 51.0. The number of amides is 5. The van der Waals surface area contributed by atoms with E-state index >= 15 is 0 Å². The van der Waals surface area contributed by atoms with E-state index in [-0.39, 0.29) is 98.6 Å². The number of hydrogen-bond donors (Lipinski definition) is 6. The smallest absolute Gasteiger partial charge is 0.246 e. The SMILES string of the molecule is CC(=O)N(O)CCCCCCC(=O)CCC(=O)N(O)CCCCCNC(=O)CCC(=O)N(O)CCCCCNC(=O)CCC(=O)CCC1CCNCC1.[Fe]. The van der Waals surface area contributed by atoms with Crippen LogP contribution in [0, 0.1) is 5.92 Å². The van der Waals surface area contributed by atoms with Crippen LogP contribution in [0.15, 0.2) is 0 Å². The molecule has 0 aromatic rings. The predicted octanol–water partition coefficient (Wildman–Crippen LogP) is 3.44. The van der Waals surface area contributed by atoms with Crippen LogP contribution >= 0.6 is 0 Å². The number of unbranched alkanes of at least 4 members (excludes halogenated alkanes) is 7. The molecule has 16 nitrogen and oxygen atoms in total. The molecule has 0 aliphatic carbocycles. The van der Waals surface area contributed by atoms with Crippen LogP contribution in [0.1, 0.15) is 142 Å². The van der Waals surface area contributed by atoms with E-state index in [0.29, 0.717) is 98.4 Å². The number of carbonyl (C=O) groups is 7. The third kappa shape index (κ3) is 27.6. The van der Waals surface area contributed by atoms with Gasteiger partial charge in [0, 0.05) is 108 Å². The second-order valence-corrected chi connectivity index (χ2v) is 14.0. The fraction of sp³-hybridized carbons (Fsp3) is 0.811. The predicted molar refractivity (Wildman–Crippen MR) is 196 cm³/mol. The summed E-state index contributed by atoms with van der Waals surface area (Å²) in [6.45, 7) is 4.61. The van der Waals surface area contributed by atoms with Gasteiger partial charge in [0.15, 0.2) is 0 Å². The topological polar surface area (TPSA) is 226 Å². The largest absolute Gasteiger partial charge is 0.356 e. The van der Waals surface area contributed by atoms with Crippen molar-refractivity contribution in [2.24, 2.45) is 5.92 Å². The molecule has 6 N–H and O–H groups in total. The molecule has 0 bridgehead atoms. The third-order valence-electron chi connectivity index (χ3n) is 9.36. The maximum Gasteiger partial charge on any atom is 0.246 e. The fourth-order valence-corrected chi connectivity index (χ4v) is 5.87. The second-order valence-electron chi connectivity index (χ2n) is 14.0. The van der Waals surface area contributed by atoms with Crippen LogP contribution in [0.3, 0.4) is 0 Å². The van der Waals surface area contributed by atoms with Crippen molar-refractivity contribution in [1.82, 2.24) is 31.1 Å². The number of nitrogens with one attached hydrogen (secondary N) is 3. The average Bonchev–Trinajstić information content (AvgIpc) is 3.15. The van der Waals surface area contributed by atoms with Crippen molar-refractivity contribution in [2.45, 2.75) is 142 Å². The fourth-order valence-electron chi connectivity index (χ4n) is 5.87. The van der Waals surface area contributed by atoms with E-state index in [1.165, 1.54) is 6.92 Å². The summed E-state index contributed by atoms with van der Waals surface area (Å²) in [7, 11) is 0. The number of piperidine rings is 1. The Labute approximate surface area is 331 Å². The van der Waals surface area contributed by atoms with Gasteiger partial charge in [-0.05, 0) is 89.6 Å². The van der Waals surface area contributed by atoms with Gasteiger partial charge in [0.2, 0.25) is 29.5 Å². The molecule has 0 aromatic carbocycles. The summed E-state index contributed by atoms with van der Waals surface area (Å²) >= 11 is 0. The molecular formula is C37H66FeN6O10. The minimum Gasteiger partial charge on any atom is -0.356 e. The molecule has 0 saturated carbocycles. The van der Waals surface area contributed by atoms with Crippen LogP contribution in [0.2, 0.25) is 0 Å². The molecule has 1 fully saturated rings. The number of carbonyl (C=O) groups excluding carboxylic acids is 7. The van der Waals surface area contributed by atoms with Gasteiger partial charge in [0.25, 0.3) is 0 Å². The monoisotopic (exact) mass is 810 g/mol. The Balaban J connectivity index is 0.0000281. The van der Waals surface area contributed by atoms with Gasteiger partial charge >= 0.3 is 0 Å². The molecule has 0 radical (unpaired) electrons. The number of hydrogen-bond acceptors (Lipinski definition) is 11. The Hall–Kier alpha value is -2.95. The molecule has 5 amide bonds. The Morgan fingerprint density at radius 2 is 0.963 bits per heavy atom. The van der Waals surface area contributed by atoms with Crippen molar-refractivity contribution >= 4 is 41.1 Å². The Kier molecular flexibility index (Phi) is 30.5. The third-order valence-corrected chi connectivity index (χ3v) is 9.36. The van der Waals surface area contributed by atoms with Gasteiger partial charge in [-0.25, -0.2) is 15.2 Å². The summed E-state index contributed by atoms with van der Waals surface area (Å²) in [6.07, 6.45) is 10.7. The van der Waals surface area contributed by atoms with Gasteiger partial charge in [0.05, 0.1) is 0 Å². The molecule has 0 atom stereocenters. The first-order valence-electron chi connectivity index (χ1n) is 19.6. The molecule has 1 saturated heterocycles. The van der Waals surface area contributed by atoms with Gasteiger partial charge in [-0.3, -0.25) is 49.2 Å². The Morgan fingerprint density at radius 1 is 0.537 bits per heavy atom. The molecular weight excluding hydrogens is 744 g/mol. The van der Waals surface area contributed by atoms with E-state index in [0.717, 1.165) is 45.2 Å². The molecule has 0 spiro atoms. The van der Waals surface area contributed by atoms with Crippen LogP contribution in [-0.2, 0) is 50.6 Å². The number of nitrogens with zero attached hydrogens (tertiary/aromatic N) is 3. The average molecular weight is 811 g/mol. The minimum absolute atomic E-state index is 0. The maximum atomic E-state index is 12.2. The van der Waals surface area contributed by atoms with Crippen molar-refractivity contribution in [3.05, 3.63) is 0 Å². The van der Waals surface area contributed by atoms with Crippen molar-refractivity contribution in [3.63, 3.8) is 0 Å². The second kappa shape index (κ2) is 32.3. The van der Waals surface area contributed by atoms with Crippen LogP contribution in [0.5, 0.6) is 0 Å². The molecule has 1 aliphatic heterocycles. The molecule has 0 aromatic heterocycles. The van der Waals surface area contributed by atoms with Crippen molar-refractivity contribution in [1.29, 1.82) is 0 Å². The van der Waals surface area contributed by atoms with E-state index in [1.807, 2.05) is 0 Å². The Morgan fingerprint density at radius 3 is 1.50 bits per heavy atom. The minimum atomic E-state index is -0.551. The molecule has 312 valence electrons. The van der Waals surface area contributed by atoms with Crippen molar-refractivity contribution < 1.29 is 66.3 Å². The first-order valence-corrected chi connectivity index (χ1v) is 19.6. The van der Waals surface area contributed by atoms with Crippen molar-refractivity contribution in [3.8, 4) is 0 Å². The molecule has 17 heteroatoms. The van der Waals surface area contributed by atoms with Gasteiger partial charge in [0.1, 0.15) is 11.6 Å². The molecule has 1 rings (SSSR count). The summed E-state index contributed by atoms with van der Waals surface area (Å²) in [5.41, 5.74) is 0. The van der Waals surface area contributed by atoms with Gasteiger partial charge < -0.3 is 16.0 Å². The van der Waals surface area contributed by atoms with Crippen LogP contribution < -0.4 is 16.0 Å². The summed E-state index contributed by atoms with van der Waals surface area (Å²) in [5, 5.41) is 40.0.